The molecule has 3 rings (SSSR count). The number of nitrogens with one attached hydrogen (secondary N) is 1. The molecule has 2 aromatic carbocycles. The van der Waals surface area contributed by atoms with Crippen LogP contribution in [0, 0.1) is 0 Å². The molecular formula is C16H16N2. The van der Waals surface area contributed by atoms with Crippen molar-refractivity contribution in [3.05, 3.63) is 54.7 Å². The Morgan fingerprint density at radius 3 is 2.56 bits per heavy atom. The Labute approximate surface area is 107 Å². The van der Waals surface area contributed by atoms with Crippen LogP contribution in [0.3, 0.4) is 0 Å². The Bertz CT molecular complexity index is 680. The van der Waals surface area contributed by atoms with E-state index in [0.29, 0.717) is 0 Å². The molecule has 0 atom stereocenters. The second kappa shape index (κ2) is 4.22. The normalized spacial score (nSPS) is 10.8. The van der Waals surface area contributed by atoms with E-state index in [9.17, 15) is 0 Å². The molecule has 2 heteroatoms. The predicted molar refractivity (Wildman–Crippen MR) is 78.1 cm³/mol. The lowest BCUT2D eigenvalue weighted by Gasteiger charge is -2.13. The summed E-state index contributed by atoms with van der Waals surface area (Å²) in [6.45, 7) is 0. The van der Waals surface area contributed by atoms with Gasteiger partial charge in [0.15, 0.2) is 0 Å². The van der Waals surface area contributed by atoms with Gasteiger partial charge < -0.3 is 9.88 Å². The number of aromatic amines is 1. The van der Waals surface area contributed by atoms with Gasteiger partial charge in [-0.25, -0.2) is 0 Å². The molecule has 0 amide bonds. The van der Waals surface area contributed by atoms with Crippen LogP contribution in [0.4, 0.5) is 5.69 Å². The number of aromatic nitrogens is 1. The van der Waals surface area contributed by atoms with Gasteiger partial charge in [0.25, 0.3) is 0 Å². The highest BCUT2D eigenvalue weighted by atomic mass is 15.1. The number of rotatable bonds is 2. The second-order valence-corrected chi connectivity index (χ2v) is 4.72. The fourth-order valence-corrected chi connectivity index (χ4v) is 2.19. The van der Waals surface area contributed by atoms with Gasteiger partial charge in [-0.2, -0.15) is 0 Å². The van der Waals surface area contributed by atoms with Crippen LogP contribution in [0.25, 0.3) is 22.0 Å². The largest absolute Gasteiger partial charge is 0.378 e. The van der Waals surface area contributed by atoms with Crippen molar-refractivity contribution < 1.29 is 0 Å². The fraction of sp³-hybridized carbons (Fsp3) is 0.125. The first-order valence-corrected chi connectivity index (χ1v) is 6.09. The maximum absolute atomic E-state index is 3.26. The minimum absolute atomic E-state index is 1.18. The van der Waals surface area contributed by atoms with E-state index in [1.165, 1.54) is 27.7 Å². The van der Waals surface area contributed by atoms with Crippen molar-refractivity contribution in [3.63, 3.8) is 0 Å². The number of benzene rings is 2. The minimum atomic E-state index is 1.18. The zero-order chi connectivity index (χ0) is 12.5. The first-order valence-electron chi connectivity index (χ1n) is 6.09. The molecule has 1 heterocycles. The van der Waals surface area contributed by atoms with Crippen molar-refractivity contribution >= 4 is 16.6 Å². The molecule has 0 radical (unpaired) electrons. The van der Waals surface area contributed by atoms with Crippen molar-refractivity contribution in [1.29, 1.82) is 0 Å². The molecule has 18 heavy (non-hydrogen) atoms. The van der Waals surface area contributed by atoms with Crippen molar-refractivity contribution in [2.24, 2.45) is 0 Å². The average molecular weight is 236 g/mol. The van der Waals surface area contributed by atoms with Crippen LogP contribution in [-0.4, -0.2) is 19.1 Å². The molecule has 2 nitrogen and oxygen atoms in total. The van der Waals surface area contributed by atoms with Crippen molar-refractivity contribution in [3.8, 4) is 11.1 Å². The summed E-state index contributed by atoms with van der Waals surface area (Å²) >= 11 is 0. The van der Waals surface area contributed by atoms with E-state index in [-0.39, 0.29) is 0 Å². The lowest BCUT2D eigenvalue weighted by molar-refractivity contribution is 1.13. The Morgan fingerprint density at radius 2 is 1.72 bits per heavy atom. The summed E-state index contributed by atoms with van der Waals surface area (Å²) in [6, 6.07) is 17.2. The van der Waals surface area contributed by atoms with Crippen LogP contribution in [0.5, 0.6) is 0 Å². The van der Waals surface area contributed by atoms with Crippen LogP contribution >= 0.6 is 0 Å². The molecule has 0 saturated carbocycles. The molecule has 0 aliphatic carbocycles. The molecule has 1 N–H and O–H groups in total. The molecule has 0 aliphatic rings. The summed E-state index contributed by atoms with van der Waals surface area (Å²) in [5.74, 6) is 0. The van der Waals surface area contributed by atoms with E-state index >= 15 is 0 Å². The van der Waals surface area contributed by atoms with Gasteiger partial charge >= 0.3 is 0 Å². The molecule has 90 valence electrons. The van der Waals surface area contributed by atoms with Gasteiger partial charge in [0.1, 0.15) is 0 Å². The monoisotopic (exact) mass is 236 g/mol. The minimum Gasteiger partial charge on any atom is -0.378 e. The van der Waals surface area contributed by atoms with Crippen molar-refractivity contribution in [1.82, 2.24) is 4.98 Å². The number of H-pyrrole nitrogens is 1. The third kappa shape index (κ3) is 1.86. The molecule has 0 spiro atoms. The maximum Gasteiger partial charge on any atom is 0.0460 e. The van der Waals surface area contributed by atoms with E-state index < -0.39 is 0 Å². The fourth-order valence-electron chi connectivity index (χ4n) is 2.19. The number of anilines is 1. The van der Waals surface area contributed by atoms with E-state index in [4.69, 9.17) is 0 Å². The molecule has 0 fully saturated rings. The molecule has 0 bridgehead atoms. The van der Waals surface area contributed by atoms with Crippen LogP contribution in [0.2, 0.25) is 0 Å². The Balaban J connectivity index is 2.10. The van der Waals surface area contributed by atoms with Gasteiger partial charge in [-0.05, 0) is 40.8 Å². The van der Waals surface area contributed by atoms with Crippen LogP contribution in [-0.2, 0) is 0 Å². The summed E-state index contributed by atoms with van der Waals surface area (Å²) in [4.78, 5) is 5.38. The van der Waals surface area contributed by atoms with E-state index in [1.807, 2.05) is 6.20 Å². The number of nitrogens with zero attached hydrogens (tertiary/aromatic N) is 1. The zero-order valence-corrected chi connectivity index (χ0v) is 10.6. The summed E-state index contributed by atoms with van der Waals surface area (Å²) in [6.07, 6.45) is 1.98. The third-order valence-corrected chi connectivity index (χ3v) is 3.25. The lowest BCUT2D eigenvalue weighted by Crippen LogP contribution is -2.08. The van der Waals surface area contributed by atoms with Gasteiger partial charge in [0.2, 0.25) is 0 Å². The Kier molecular flexibility index (Phi) is 2.56. The molecular weight excluding hydrogens is 220 g/mol. The highest BCUT2D eigenvalue weighted by molar-refractivity contribution is 5.85. The van der Waals surface area contributed by atoms with Crippen LogP contribution < -0.4 is 4.90 Å². The van der Waals surface area contributed by atoms with E-state index in [2.05, 4.69) is 72.5 Å². The molecule has 0 saturated heterocycles. The molecule has 0 aliphatic heterocycles. The van der Waals surface area contributed by atoms with Gasteiger partial charge in [0, 0.05) is 31.5 Å². The van der Waals surface area contributed by atoms with E-state index in [1.54, 1.807) is 0 Å². The van der Waals surface area contributed by atoms with E-state index in [0.717, 1.165) is 0 Å². The smallest absolute Gasteiger partial charge is 0.0460 e. The number of fused-ring (bicyclic) bond motifs is 1. The molecule has 0 unspecified atom stereocenters. The number of hydrogen-bond acceptors (Lipinski definition) is 1. The summed E-state index contributed by atoms with van der Waals surface area (Å²) in [5, 5.41) is 1.25. The summed E-state index contributed by atoms with van der Waals surface area (Å²) < 4.78 is 0. The van der Waals surface area contributed by atoms with Gasteiger partial charge in [-0.15, -0.1) is 0 Å². The zero-order valence-electron chi connectivity index (χ0n) is 10.6. The van der Waals surface area contributed by atoms with Crippen molar-refractivity contribution in [2.45, 2.75) is 0 Å². The molecule has 3 aromatic rings. The molecule has 1 aromatic heterocycles. The van der Waals surface area contributed by atoms with Gasteiger partial charge in [-0.1, -0.05) is 24.3 Å². The predicted octanol–water partition coefficient (Wildman–Crippen LogP) is 3.90. The summed E-state index contributed by atoms with van der Waals surface area (Å²) in [7, 11) is 4.13. The van der Waals surface area contributed by atoms with Gasteiger partial charge in [0.05, 0.1) is 0 Å². The average Bonchev–Trinajstić information content (AvgIpc) is 2.86. The van der Waals surface area contributed by atoms with Crippen LogP contribution in [0.15, 0.2) is 54.7 Å². The number of hydrogen-bond donors (Lipinski definition) is 1. The highest BCUT2D eigenvalue weighted by Gasteiger charge is 2.02. The van der Waals surface area contributed by atoms with Crippen molar-refractivity contribution in [2.75, 3.05) is 19.0 Å². The highest BCUT2D eigenvalue weighted by Crippen LogP contribution is 2.26. The third-order valence-electron chi connectivity index (χ3n) is 3.25. The topological polar surface area (TPSA) is 19.0 Å². The second-order valence-electron chi connectivity index (χ2n) is 4.72. The first-order chi connectivity index (χ1) is 8.74. The quantitative estimate of drug-likeness (QED) is 0.715. The SMILES string of the molecule is CN(C)c1cccc(-c2ccc3cc[nH]c3c2)c1. The van der Waals surface area contributed by atoms with Crippen LogP contribution in [0.1, 0.15) is 0 Å². The lowest BCUT2D eigenvalue weighted by atomic mass is 10.0. The standard InChI is InChI=1S/C16H16N2/c1-18(2)15-5-3-4-13(10-15)14-7-6-12-8-9-17-16(12)11-14/h3-11,17H,1-2H3. The summed E-state index contributed by atoms with van der Waals surface area (Å²) in [5.41, 5.74) is 4.90. The Hall–Kier alpha value is -2.22. The Morgan fingerprint density at radius 1 is 0.889 bits per heavy atom. The maximum atomic E-state index is 3.26. The van der Waals surface area contributed by atoms with Gasteiger partial charge in [-0.3, -0.25) is 0 Å². The first kappa shape index (κ1) is 10.9.